The highest BCUT2D eigenvalue weighted by Crippen LogP contribution is 2.35. The smallest absolute Gasteiger partial charge is 0.395 e. The lowest BCUT2D eigenvalue weighted by atomic mass is 10.3. The molecule has 0 unspecified atom stereocenters. The molecule has 0 saturated heterocycles. The van der Waals surface area contributed by atoms with Gasteiger partial charge in [-0.05, 0) is 19.1 Å². The van der Waals surface area contributed by atoms with E-state index in [1.165, 1.54) is 23.1 Å². The van der Waals surface area contributed by atoms with E-state index in [-0.39, 0.29) is 25.4 Å². The van der Waals surface area contributed by atoms with E-state index in [4.69, 9.17) is 5.11 Å². The van der Waals surface area contributed by atoms with Crippen molar-refractivity contribution in [1.29, 1.82) is 0 Å². The molecular weight excluding hydrogens is 283 g/mol. The SMILES string of the molecule is CCN(CCO)c1ccccc1S(=O)(=O)C(F)(F)F. The number of aliphatic hydroxyl groups is 1. The van der Waals surface area contributed by atoms with E-state index in [1.54, 1.807) is 6.92 Å². The van der Waals surface area contributed by atoms with Gasteiger partial charge in [-0.25, -0.2) is 8.42 Å². The zero-order valence-corrected chi connectivity index (χ0v) is 11.0. The van der Waals surface area contributed by atoms with Crippen LogP contribution in [0.2, 0.25) is 0 Å². The predicted molar refractivity (Wildman–Crippen MR) is 64.7 cm³/mol. The minimum atomic E-state index is -5.40. The maximum absolute atomic E-state index is 12.6. The molecule has 0 aliphatic rings. The van der Waals surface area contributed by atoms with E-state index in [1.807, 2.05) is 0 Å². The number of nitrogens with zero attached hydrogens (tertiary/aromatic N) is 1. The highest BCUT2D eigenvalue weighted by molar-refractivity contribution is 7.92. The van der Waals surface area contributed by atoms with Gasteiger partial charge in [0.1, 0.15) is 0 Å². The van der Waals surface area contributed by atoms with Gasteiger partial charge in [0.15, 0.2) is 0 Å². The van der Waals surface area contributed by atoms with Crippen LogP contribution in [-0.2, 0) is 9.84 Å². The number of rotatable bonds is 5. The van der Waals surface area contributed by atoms with Crippen LogP contribution < -0.4 is 4.90 Å². The summed E-state index contributed by atoms with van der Waals surface area (Å²) in [5, 5.41) is 8.87. The van der Waals surface area contributed by atoms with Gasteiger partial charge in [0.2, 0.25) is 0 Å². The largest absolute Gasteiger partial charge is 0.501 e. The van der Waals surface area contributed by atoms with Crippen molar-refractivity contribution in [3.8, 4) is 0 Å². The molecule has 4 nitrogen and oxygen atoms in total. The quantitative estimate of drug-likeness (QED) is 0.900. The zero-order valence-electron chi connectivity index (χ0n) is 10.2. The Bertz CT molecular complexity index is 528. The fourth-order valence-electron chi connectivity index (χ4n) is 1.64. The van der Waals surface area contributed by atoms with E-state index in [0.29, 0.717) is 0 Å². The van der Waals surface area contributed by atoms with E-state index in [2.05, 4.69) is 0 Å². The number of benzene rings is 1. The summed E-state index contributed by atoms with van der Waals surface area (Å²) in [4.78, 5) is 0.580. The summed E-state index contributed by atoms with van der Waals surface area (Å²) in [6, 6.07) is 4.88. The molecule has 19 heavy (non-hydrogen) atoms. The molecular formula is C11H14F3NO3S. The summed E-state index contributed by atoms with van der Waals surface area (Å²) in [6.45, 7) is 1.72. The van der Waals surface area contributed by atoms with Gasteiger partial charge in [-0.15, -0.1) is 0 Å². The third-order valence-corrected chi connectivity index (χ3v) is 4.09. The van der Waals surface area contributed by atoms with Crippen LogP contribution in [0.3, 0.4) is 0 Å². The van der Waals surface area contributed by atoms with Crippen molar-refractivity contribution < 1.29 is 26.7 Å². The summed E-state index contributed by atoms with van der Waals surface area (Å²) < 4.78 is 60.8. The third-order valence-electron chi connectivity index (χ3n) is 2.55. The summed E-state index contributed by atoms with van der Waals surface area (Å²) in [6.07, 6.45) is 0. The molecule has 0 fully saturated rings. The molecule has 8 heteroatoms. The molecule has 1 N–H and O–H groups in total. The van der Waals surface area contributed by atoms with Crippen molar-refractivity contribution in [2.24, 2.45) is 0 Å². The fraction of sp³-hybridized carbons (Fsp3) is 0.455. The van der Waals surface area contributed by atoms with E-state index >= 15 is 0 Å². The molecule has 0 aliphatic carbocycles. The Morgan fingerprint density at radius 2 is 1.84 bits per heavy atom. The second-order valence-corrected chi connectivity index (χ2v) is 5.63. The minimum Gasteiger partial charge on any atom is -0.395 e. The van der Waals surface area contributed by atoms with Crippen LogP contribution in [-0.4, -0.2) is 38.7 Å². The van der Waals surface area contributed by atoms with Gasteiger partial charge in [0.25, 0.3) is 9.84 Å². The first-order chi connectivity index (χ1) is 8.75. The van der Waals surface area contributed by atoms with Gasteiger partial charge in [-0.2, -0.15) is 13.2 Å². The number of halogens is 3. The lowest BCUT2D eigenvalue weighted by Crippen LogP contribution is -2.30. The van der Waals surface area contributed by atoms with Crippen LogP contribution in [0.25, 0.3) is 0 Å². The molecule has 0 bridgehead atoms. The molecule has 0 heterocycles. The standard InChI is InChI=1S/C11H14F3NO3S/c1-2-15(7-8-16)9-5-3-4-6-10(9)19(17,18)11(12,13)14/h3-6,16H,2,7-8H2,1H3. The summed E-state index contributed by atoms with van der Waals surface area (Å²) in [5.74, 6) is 0. The number of anilines is 1. The van der Waals surface area contributed by atoms with Gasteiger partial charge in [0, 0.05) is 13.1 Å². The molecule has 0 spiro atoms. The Kier molecular flexibility index (Phi) is 4.81. The van der Waals surface area contributed by atoms with E-state index < -0.39 is 20.2 Å². The average molecular weight is 297 g/mol. The number of hydrogen-bond acceptors (Lipinski definition) is 4. The second kappa shape index (κ2) is 5.79. The maximum Gasteiger partial charge on any atom is 0.501 e. The van der Waals surface area contributed by atoms with Crippen LogP contribution in [0.15, 0.2) is 29.2 Å². The highest BCUT2D eigenvalue weighted by Gasteiger charge is 2.48. The lowest BCUT2D eigenvalue weighted by Gasteiger charge is -2.24. The average Bonchev–Trinajstić information content (AvgIpc) is 2.34. The number of alkyl halides is 3. The van der Waals surface area contributed by atoms with Crippen LogP contribution in [0.4, 0.5) is 18.9 Å². The van der Waals surface area contributed by atoms with Crippen LogP contribution >= 0.6 is 0 Å². The van der Waals surface area contributed by atoms with Gasteiger partial charge < -0.3 is 10.0 Å². The maximum atomic E-state index is 12.6. The predicted octanol–water partition coefficient (Wildman–Crippen LogP) is 1.80. The Labute approximate surface area is 109 Å². The van der Waals surface area contributed by atoms with Gasteiger partial charge in [-0.1, -0.05) is 12.1 Å². The summed E-state index contributed by atoms with van der Waals surface area (Å²) >= 11 is 0. The summed E-state index contributed by atoms with van der Waals surface area (Å²) in [7, 11) is -5.40. The molecule has 0 radical (unpaired) electrons. The Balaban J connectivity index is 3.39. The van der Waals surface area contributed by atoms with Crippen molar-refractivity contribution >= 4 is 15.5 Å². The first-order valence-electron chi connectivity index (χ1n) is 5.52. The molecule has 0 atom stereocenters. The number of para-hydroxylation sites is 1. The number of hydrogen-bond donors (Lipinski definition) is 1. The number of sulfone groups is 1. The van der Waals surface area contributed by atoms with E-state index in [0.717, 1.165) is 6.07 Å². The first-order valence-corrected chi connectivity index (χ1v) is 7.00. The second-order valence-electron chi connectivity index (χ2n) is 3.72. The topological polar surface area (TPSA) is 57.6 Å². The molecule has 0 saturated carbocycles. The Morgan fingerprint density at radius 3 is 2.32 bits per heavy atom. The van der Waals surface area contributed by atoms with Crippen LogP contribution in [0.1, 0.15) is 6.92 Å². The van der Waals surface area contributed by atoms with Crippen molar-refractivity contribution in [2.75, 3.05) is 24.6 Å². The number of aliphatic hydroxyl groups excluding tert-OH is 1. The highest BCUT2D eigenvalue weighted by atomic mass is 32.2. The van der Waals surface area contributed by atoms with Gasteiger partial charge >= 0.3 is 5.51 Å². The monoisotopic (exact) mass is 297 g/mol. The van der Waals surface area contributed by atoms with Crippen LogP contribution in [0, 0.1) is 0 Å². The van der Waals surface area contributed by atoms with Crippen LogP contribution in [0.5, 0.6) is 0 Å². The fourth-order valence-corrected chi connectivity index (χ4v) is 2.62. The summed E-state index contributed by atoms with van der Waals surface area (Å²) in [5.41, 5.74) is -5.40. The molecule has 1 rings (SSSR count). The molecule has 108 valence electrons. The first kappa shape index (κ1) is 15.8. The molecule has 1 aromatic rings. The van der Waals surface area contributed by atoms with Crippen molar-refractivity contribution in [3.05, 3.63) is 24.3 Å². The van der Waals surface area contributed by atoms with Crippen molar-refractivity contribution in [1.82, 2.24) is 0 Å². The van der Waals surface area contributed by atoms with Crippen molar-refractivity contribution in [3.63, 3.8) is 0 Å². The van der Waals surface area contributed by atoms with E-state index in [9.17, 15) is 21.6 Å². The Hall–Kier alpha value is -1.28. The lowest BCUT2D eigenvalue weighted by molar-refractivity contribution is -0.0435. The zero-order chi connectivity index (χ0) is 14.7. The Morgan fingerprint density at radius 1 is 1.26 bits per heavy atom. The minimum absolute atomic E-state index is 0.0564. The molecule has 0 amide bonds. The molecule has 1 aromatic carbocycles. The van der Waals surface area contributed by atoms with Gasteiger partial charge in [0.05, 0.1) is 17.2 Å². The molecule has 0 aromatic heterocycles. The van der Waals surface area contributed by atoms with Crippen molar-refractivity contribution in [2.45, 2.75) is 17.3 Å². The van der Waals surface area contributed by atoms with Gasteiger partial charge in [-0.3, -0.25) is 0 Å². The molecule has 0 aliphatic heterocycles. The normalized spacial score (nSPS) is 12.5. The third kappa shape index (κ3) is 3.19. The number of likely N-dealkylation sites (N-methyl/N-ethyl adjacent to an activating group) is 1.